The van der Waals surface area contributed by atoms with Crippen molar-refractivity contribution in [2.24, 2.45) is 11.8 Å². The molecule has 0 aliphatic carbocycles. The van der Waals surface area contributed by atoms with Crippen molar-refractivity contribution in [3.05, 3.63) is 41.5 Å². The molecule has 7 heteroatoms. The number of rotatable bonds is 4. The van der Waals surface area contributed by atoms with Crippen molar-refractivity contribution in [2.45, 2.75) is 33.6 Å². The quantitative estimate of drug-likeness (QED) is 0.909. The highest BCUT2D eigenvalue weighted by Crippen LogP contribution is 2.26. The second kappa shape index (κ2) is 6.90. The van der Waals surface area contributed by atoms with Gasteiger partial charge in [-0.15, -0.1) is 5.10 Å². The highest BCUT2D eigenvalue weighted by Gasteiger charge is 2.38. The third-order valence-corrected chi connectivity index (χ3v) is 4.96. The van der Waals surface area contributed by atoms with Gasteiger partial charge in [-0.2, -0.15) is 0 Å². The van der Waals surface area contributed by atoms with Gasteiger partial charge in [0.15, 0.2) is 0 Å². The van der Waals surface area contributed by atoms with Crippen LogP contribution in [0.3, 0.4) is 0 Å². The summed E-state index contributed by atoms with van der Waals surface area (Å²) in [5, 5.41) is 13.7. The van der Waals surface area contributed by atoms with Gasteiger partial charge in [0.05, 0.1) is 11.6 Å². The molecule has 1 N–H and O–H groups in total. The van der Waals surface area contributed by atoms with E-state index in [4.69, 9.17) is 0 Å². The molecule has 0 bridgehead atoms. The van der Waals surface area contributed by atoms with E-state index < -0.39 is 11.9 Å². The average molecular weight is 356 g/mol. The minimum atomic E-state index is -0.867. The van der Waals surface area contributed by atoms with Crippen molar-refractivity contribution in [1.82, 2.24) is 19.7 Å². The van der Waals surface area contributed by atoms with Gasteiger partial charge in [-0.05, 0) is 30.4 Å². The lowest BCUT2D eigenvalue weighted by Crippen LogP contribution is -2.30. The second-order valence-corrected chi connectivity index (χ2v) is 7.24. The van der Waals surface area contributed by atoms with Gasteiger partial charge < -0.3 is 10.0 Å². The van der Waals surface area contributed by atoms with E-state index in [0.29, 0.717) is 18.3 Å². The third kappa shape index (κ3) is 3.21. The van der Waals surface area contributed by atoms with Crippen LogP contribution in [0.4, 0.5) is 0 Å². The van der Waals surface area contributed by atoms with Gasteiger partial charge in [0.2, 0.25) is 5.82 Å². The Labute approximate surface area is 152 Å². The fourth-order valence-electron chi connectivity index (χ4n) is 3.47. The number of benzene rings is 1. The van der Waals surface area contributed by atoms with Crippen LogP contribution < -0.4 is 0 Å². The van der Waals surface area contributed by atoms with E-state index in [0.717, 1.165) is 11.3 Å². The molecule has 2 atom stereocenters. The SMILES string of the molecule is Cc1nc(C(=O)N2C[C@@H](C)[C@H](C(=O)O)C2)nn1-c1ccccc1C(C)C. The third-order valence-electron chi connectivity index (χ3n) is 4.96. The molecule has 0 spiro atoms. The molecular formula is C19H24N4O3. The van der Waals surface area contributed by atoms with E-state index >= 15 is 0 Å². The van der Waals surface area contributed by atoms with Crippen molar-refractivity contribution >= 4 is 11.9 Å². The standard InChI is InChI=1S/C19H24N4O3/c1-11(2)14-7-5-6-8-16(14)23-13(4)20-17(21-23)18(24)22-9-12(3)15(10-22)19(25)26/h5-8,11-12,15H,9-10H2,1-4H3,(H,25,26)/t12-,15-/m1/s1. The molecule has 0 radical (unpaired) electrons. The van der Waals surface area contributed by atoms with Crippen LogP contribution in [0.5, 0.6) is 0 Å². The zero-order chi connectivity index (χ0) is 19.0. The maximum atomic E-state index is 12.8. The minimum Gasteiger partial charge on any atom is -0.481 e. The first kappa shape index (κ1) is 18.1. The van der Waals surface area contributed by atoms with E-state index in [2.05, 4.69) is 23.9 Å². The average Bonchev–Trinajstić information content (AvgIpc) is 3.17. The molecule has 1 aromatic carbocycles. The zero-order valence-corrected chi connectivity index (χ0v) is 15.5. The largest absolute Gasteiger partial charge is 0.481 e. The summed E-state index contributed by atoms with van der Waals surface area (Å²) in [6, 6.07) is 7.92. The molecule has 0 unspecified atom stereocenters. The number of aromatic nitrogens is 3. The highest BCUT2D eigenvalue weighted by atomic mass is 16.4. The first-order valence-corrected chi connectivity index (χ1v) is 8.84. The number of carbonyl (C=O) groups excluding carboxylic acids is 1. The summed E-state index contributed by atoms with van der Waals surface area (Å²) < 4.78 is 1.69. The molecule has 7 nitrogen and oxygen atoms in total. The van der Waals surface area contributed by atoms with E-state index in [1.54, 1.807) is 4.68 Å². The molecule has 2 aromatic rings. The summed E-state index contributed by atoms with van der Waals surface area (Å²) in [6.45, 7) is 8.48. The van der Waals surface area contributed by atoms with Crippen LogP contribution in [0, 0.1) is 18.8 Å². The van der Waals surface area contributed by atoms with Gasteiger partial charge in [0.25, 0.3) is 5.91 Å². The molecule has 1 amide bonds. The van der Waals surface area contributed by atoms with Gasteiger partial charge in [0.1, 0.15) is 5.82 Å². The number of carboxylic acid groups (broad SMARTS) is 1. The van der Waals surface area contributed by atoms with E-state index in [1.807, 2.05) is 38.1 Å². The van der Waals surface area contributed by atoms with Crippen molar-refractivity contribution in [2.75, 3.05) is 13.1 Å². The normalized spacial score (nSPS) is 20.0. The van der Waals surface area contributed by atoms with Crippen molar-refractivity contribution in [1.29, 1.82) is 0 Å². The van der Waals surface area contributed by atoms with E-state index in [-0.39, 0.29) is 24.2 Å². The molecular weight excluding hydrogens is 332 g/mol. The number of carboxylic acids is 1. The predicted molar refractivity (Wildman–Crippen MR) is 96.4 cm³/mol. The number of likely N-dealkylation sites (tertiary alicyclic amines) is 1. The summed E-state index contributed by atoms with van der Waals surface area (Å²) in [5.74, 6) is -0.754. The Bertz CT molecular complexity index is 843. The Morgan fingerprint density at radius 1 is 1.23 bits per heavy atom. The van der Waals surface area contributed by atoms with Crippen LogP contribution in [-0.2, 0) is 4.79 Å². The first-order chi connectivity index (χ1) is 12.3. The van der Waals surface area contributed by atoms with Gasteiger partial charge in [0, 0.05) is 13.1 Å². The number of aliphatic carboxylic acids is 1. The number of hydrogen-bond donors (Lipinski definition) is 1. The maximum absolute atomic E-state index is 12.8. The summed E-state index contributed by atoms with van der Waals surface area (Å²) >= 11 is 0. The number of nitrogens with zero attached hydrogens (tertiary/aromatic N) is 4. The molecule has 1 aliphatic rings. The highest BCUT2D eigenvalue weighted by molar-refractivity contribution is 5.91. The molecule has 138 valence electrons. The lowest BCUT2D eigenvalue weighted by atomic mass is 9.99. The van der Waals surface area contributed by atoms with Gasteiger partial charge >= 0.3 is 5.97 Å². The molecule has 1 aromatic heterocycles. The monoisotopic (exact) mass is 356 g/mol. The number of carbonyl (C=O) groups is 2. The van der Waals surface area contributed by atoms with Crippen LogP contribution in [0.1, 0.15) is 48.7 Å². The van der Waals surface area contributed by atoms with Crippen LogP contribution in [-0.4, -0.2) is 49.7 Å². The Morgan fingerprint density at radius 3 is 2.54 bits per heavy atom. The smallest absolute Gasteiger partial charge is 0.308 e. The van der Waals surface area contributed by atoms with Crippen LogP contribution >= 0.6 is 0 Å². The molecule has 3 rings (SSSR count). The van der Waals surface area contributed by atoms with Crippen molar-refractivity contribution in [3.8, 4) is 5.69 Å². The maximum Gasteiger partial charge on any atom is 0.308 e. The summed E-state index contributed by atoms with van der Waals surface area (Å²) in [6.07, 6.45) is 0. The fourth-order valence-corrected chi connectivity index (χ4v) is 3.47. The van der Waals surface area contributed by atoms with Gasteiger partial charge in [-0.25, -0.2) is 9.67 Å². The Balaban J connectivity index is 1.90. The number of aryl methyl sites for hydroxylation is 1. The molecule has 2 heterocycles. The minimum absolute atomic E-state index is 0.0821. The summed E-state index contributed by atoms with van der Waals surface area (Å²) in [4.78, 5) is 29.9. The lowest BCUT2D eigenvalue weighted by Gasteiger charge is -2.14. The molecule has 1 fully saturated rings. The van der Waals surface area contributed by atoms with Crippen LogP contribution in [0.25, 0.3) is 5.69 Å². The van der Waals surface area contributed by atoms with E-state index in [9.17, 15) is 14.7 Å². The Kier molecular flexibility index (Phi) is 4.80. The van der Waals surface area contributed by atoms with Crippen LogP contribution in [0.15, 0.2) is 24.3 Å². The van der Waals surface area contributed by atoms with Crippen molar-refractivity contribution in [3.63, 3.8) is 0 Å². The van der Waals surface area contributed by atoms with Gasteiger partial charge in [-0.3, -0.25) is 9.59 Å². The Hall–Kier alpha value is -2.70. The molecule has 26 heavy (non-hydrogen) atoms. The number of hydrogen-bond acceptors (Lipinski definition) is 4. The van der Waals surface area contributed by atoms with Gasteiger partial charge in [-0.1, -0.05) is 39.0 Å². The first-order valence-electron chi connectivity index (χ1n) is 8.84. The fraction of sp³-hybridized carbons (Fsp3) is 0.474. The summed E-state index contributed by atoms with van der Waals surface area (Å²) in [7, 11) is 0. The summed E-state index contributed by atoms with van der Waals surface area (Å²) in [5.41, 5.74) is 2.03. The van der Waals surface area contributed by atoms with E-state index in [1.165, 1.54) is 4.90 Å². The zero-order valence-electron chi connectivity index (χ0n) is 15.5. The number of para-hydroxylation sites is 1. The Morgan fingerprint density at radius 2 is 1.92 bits per heavy atom. The molecule has 1 aliphatic heterocycles. The van der Waals surface area contributed by atoms with Crippen LogP contribution in [0.2, 0.25) is 0 Å². The predicted octanol–water partition coefficient (Wildman–Crippen LogP) is 2.49. The molecule has 0 saturated carbocycles. The lowest BCUT2D eigenvalue weighted by molar-refractivity contribution is -0.142. The number of amides is 1. The second-order valence-electron chi connectivity index (χ2n) is 7.24. The topological polar surface area (TPSA) is 88.3 Å². The van der Waals surface area contributed by atoms with Crippen molar-refractivity contribution < 1.29 is 14.7 Å². The molecule has 1 saturated heterocycles.